The molecule has 78 valence electrons. The molecule has 0 aliphatic rings. The minimum Gasteiger partial charge on any atom is -0.398 e. The largest absolute Gasteiger partial charge is 0.398 e. The molecule has 0 unspecified atom stereocenters. The van der Waals surface area contributed by atoms with Crippen molar-refractivity contribution in [3.05, 3.63) is 54.1 Å². The van der Waals surface area contributed by atoms with Crippen LogP contribution in [0.3, 0.4) is 0 Å². The SMILES string of the molecule is CC#Cc1ccc(-c2ccccc2N)cc1. The van der Waals surface area contributed by atoms with Crippen LogP contribution < -0.4 is 5.73 Å². The van der Waals surface area contributed by atoms with Gasteiger partial charge < -0.3 is 5.73 Å². The normalized spacial score (nSPS) is 9.31. The summed E-state index contributed by atoms with van der Waals surface area (Å²) < 4.78 is 0. The Balaban J connectivity index is 2.41. The second-order valence-electron chi connectivity index (χ2n) is 3.54. The van der Waals surface area contributed by atoms with E-state index in [1.54, 1.807) is 0 Å². The average molecular weight is 207 g/mol. The Morgan fingerprint density at radius 1 is 0.938 bits per heavy atom. The van der Waals surface area contributed by atoms with Crippen LogP contribution in [0.5, 0.6) is 0 Å². The predicted octanol–water partition coefficient (Wildman–Crippen LogP) is 3.31. The topological polar surface area (TPSA) is 26.0 Å². The van der Waals surface area contributed by atoms with Crippen molar-refractivity contribution in [3.63, 3.8) is 0 Å². The summed E-state index contributed by atoms with van der Waals surface area (Å²) in [6.07, 6.45) is 0. The van der Waals surface area contributed by atoms with Crippen LogP contribution in [0.1, 0.15) is 12.5 Å². The number of rotatable bonds is 1. The van der Waals surface area contributed by atoms with Gasteiger partial charge >= 0.3 is 0 Å². The molecule has 0 aliphatic heterocycles. The molecule has 0 atom stereocenters. The second-order valence-corrected chi connectivity index (χ2v) is 3.54. The maximum Gasteiger partial charge on any atom is 0.0393 e. The molecule has 0 saturated carbocycles. The van der Waals surface area contributed by atoms with Gasteiger partial charge in [-0.3, -0.25) is 0 Å². The molecule has 0 bridgehead atoms. The molecule has 1 nitrogen and oxygen atoms in total. The Hall–Kier alpha value is -2.20. The molecule has 0 aromatic heterocycles. The fourth-order valence-electron chi connectivity index (χ4n) is 1.64. The van der Waals surface area contributed by atoms with Crippen LogP contribution in [0.25, 0.3) is 11.1 Å². The molecule has 16 heavy (non-hydrogen) atoms. The zero-order chi connectivity index (χ0) is 11.4. The predicted molar refractivity (Wildman–Crippen MR) is 68.8 cm³/mol. The van der Waals surface area contributed by atoms with Crippen LogP contribution in [0.15, 0.2) is 48.5 Å². The van der Waals surface area contributed by atoms with Gasteiger partial charge in [0.2, 0.25) is 0 Å². The molecule has 0 fully saturated rings. The highest BCUT2D eigenvalue weighted by atomic mass is 14.6. The van der Waals surface area contributed by atoms with Crippen molar-refractivity contribution in [2.75, 3.05) is 5.73 Å². The van der Waals surface area contributed by atoms with Gasteiger partial charge in [-0.25, -0.2) is 0 Å². The molecule has 2 aromatic rings. The van der Waals surface area contributed by atoms with Crippen molar-refractivity contribution in [3.8, 4) is 23.0 Å². The number of anilines is 1. The lowest BCUT2D eigenvalue weighted by Gasteiger charge is -2.05. The van der Waals surface area contributed by atoms with Gasteiger partial charge in [-0.1, -0.05) is 36.3 Å². The molecule has 0 aliphatic carbocycles. The van der Waals surface area contributed by atoms with Gasteiger partial charge in [-0.05, 0) is 30.7 Å². The molecule has 0 radical (unpaired) electrons. The second kappa shape index (κ2) is 4.55. The molecule has 0 amide bonds. The van der Waals surface area contributed by atoms with Crippen LogP contribution in [-0.4, -0.2) is 0 Å². The summed E-state index contributed by atoms with van der Waals surface area (Å²) in [5, 5.41) is 0. The maximum absolute atomic E-state index is 5.92. The Kier molecular flexibility index (Phi) is 2.93. The van der Waals surface area contributed by atoms with Crippen molar-refractivity contribution in [1.82, 2.24) is 0 Å². The van der Waals surface area contributed by atoms with Crippen molar-refractivity contribution in [2.24, 2.45) is 0 Å². The van der Waals surface area contributed by atoms with Gasteiger partial charge in [-0.15, -0.1) is 5.92 Å². The molecule has 2 rings (SSSR count). The Labute approximate surface area is 95.9 Å². The lowest BCUT2D eigenvalue weighted by atomic mass is 10.0. The first-order valence-electron chi connectivity index (χ1n) is 5.19. The maximum atomic E-state index is 5.92. The van der Waals surface area contributed by atoms with Gasteiger partial charge in [0.05, 0.1) is 0 Å². The van der Waals surface area contributed by atoms with E-state index in [1.165, 1.54) is 0 Å². The number of benzene rings is 2. The average Bonchev–Trinajstić information content (AvgIpc) is 2.31. The van der Waals surface area contributed by atoms with E-state index in [2.05, 4.69) is 11.8 Å². The van der Waals surface area contributed by atoms with E-state index in [9.17, 15) is 0 Å². The van der Waals surface area contributed by atoms with E-state index < -0.39 is 0 Å². The third-order valence-electron chi connectivity index (χ3n) is 2.43. The monoisotopic (exact) mass is 207 g/mol. The van der Waals surface area contributed by atoms with Gasteiger partial charge in [-0.2, -0.15) is 0 Å². The molecule has 0 heterocycles. The van der Waals surface area contributed by atoms with E-state index >= 15 is 0 Å². The van der Waals surface area contributed by atoms with Crippen LogP contribution in [0, 0.1) is 11.8 Å². The summed E-state index contributed by atoms with van der Waals surface area (Å²) >= 11 is 0. The molecular formula is C15H13N. The van der Waals surface area contributed by atoms with Crippen molar-refractivity contribution in [1.29, 1.82) is 0 Å². The standard InChI is InChI=1S/C15H13N/c1-2-5-12-8-10-13(11-9-12)14-6-3-4-7-15(14)16/h3-4,6-11H,16H2,1H3. The van der Waals surface area contributed by atoms with Crippen molar-refractivity contribution in [2.45, 2.75) is 6.92 Å². The van der Waals surface area contributed by atoms with Crippen molar-refractivity contribution < 1.29 is 0 Å². The number of nitrogen functional groups attached to an aromatic ring is 1. The molecule has 1 heteroatoms. The molecule has 0 spiro atoms. The number of nitrogens with two attached hydrogens (primary N) is 1. The first-order valence-corrected chi connectivity index (χ1v) is 5.19. The highest BCUT2D eigenvalue weighted by Gasteiger charge is 2.00. The summed E-state index contributed by atoms with van der Waals surface area (Å²) in [4.78, 5) is 0. The zero-order valence-corrected chi connectivity index (χ0v) is 9.20. The zero-order valence-electron chi connectivity index (χ0n) is 9.20. The first-order chi connectivity index (χ1) is 7.81. The summed E-state index contributed by atoms with van der Waals surface area (Å²) in [5.74, 6) is 5.90. The van der Waals surface area contributed by atoms with Crippen LogP contribution in [0.2, 0.25) is 0 Å². The Morgan fingerprint density at radius 2 is 1.62 bits per heavy atom. The van der Waals surface area contributed by atoms with Gasteiger partial charge in [0.25, 0.3) is 0 Å². The fraction of sp³-hybridized carbons (Fsp3) is 0.0667. The first kappa shape index (κ1) is 10.3. The highest BCUT2D eigenvalue weighted by Crippen LogP contribution is 2.25. The summed E-state index contributed by atoms with van der Waals surface area (Å²) in [6.45, 7) is 1.84. The third-order valence-corrected chi connectivity index (χ3v) is 2.43. The fourth-order valence-corrected chi connectivity index (χ4v) is 1.64. The quantitative estimate of drug-likeness (QED) is 0.563. The summed E-state index contributed by atoms with van der Waals surface area (Å²) in [6, 6.07) is 16.0. The lowest BCUT2D eigenvalue weighted by molar-refractivity contribution is 1.59. The Morgan fingerprint density at radius 3 is 2.25 bits per heavy atom. The van der Waals surface area contributed by atoms with E-state index in [0.29, 0.717) is 0 Å². The summed E-state index contributed by atoms with van der Waals surface area (Å²) in [5.41, 5.74) is 9.95. The smallest absolute Gasteiger partial charge is 0.0393 e. The van der Waals surface area contributed by atoms with Crippen LogP contribution in [0.4, 0.5) is 5.69 Å². The van der Waals surface area contributed by atoms with E-state index in [1.807, 2.05) is 55.5 Å². The van der Waals surface area contributed by atoms with E-state index in [4.69, 9.17) is 5.73 Å². The molecular weight excluding hydrogens is 194 g/mol. The molecule has 2 aromatic carbocycles. The van der Waals surface area contributed by atoms with Gasteiger partial charge in [0.1, 0.15) is 0 Å². The molecule has 0 saturated heterocycles. The summed E-state index contributed by atoms with van der Waals surface area (Å²) in [7, 11) is 0. The van der Waals surface area contributed by atoms with Crippen LogP contribution in [-0.2, 0) is 0 Å². The number of hydrogen-bond acceptors (Lipinski definition) is 1. The highest BCUT2D eigenvalue weighted by molar-refractivity contribution is 5.76. The minimum atomic E-state index is 0.803. The Bertz CT molecular complexity index is 542. The third kappa shape index (κ3) is 2.07. The van der Waals surface area contributed by atoms with Crippen LogP contribution >= 0.6 is 0 Å². The number of para-hydroxylation sites is 1. The minimum absolute atomic E-state index is 0.803. The van der Waals surface area contributed by atoms with Gasteiger partial charge in [0.15, 0.2) is 0 Å². The van der Waals surface area contributed by atoms with E-state index in [0.717, 1.165) is 22.4 Å². The lowest BCUT2D eigenvalue weighted by Crippen LogP contribution is -1.88. The van der Waals surface area contributed by atoms with Crippen molar-refractivity contribution >= 4 is 5.69 Å². The van der Waals surface area contributed by atoms with Gasteiger partial charge in [0, 0.05) is 16.8 Å². The number of hydrogen-bond donors (Lipinski definition) is 1. The van der Waals surface area contributed by atoms with E-state index in [-0.39, 0.29) is 0 Å². The molecule has 2 N–H and O–H groups in total.